The van der Waals surface area contributed by atoms with Crippen molar-refractivity contribution in [3.8, 4) is 5.75 Å². The Morgan fingerprint density at radius 3 is 2.29 bits per heavy atom. The van der Waals surface area contributed by atoms with Crippen molar-refractivity contribution in [1.82, 2.24) is 0 Å². The van der Waals surface area contributed by atoms with E-state index >= 15 is 0 Å². The summed E-state index contributed by atoms with van der Waals surface area (Å²) in [5, 5.41) is 0.572. The molecule has 0 aliphatic rings. The first kappa shape index (κ1) is 16.0. The third kappa shape index (κ3) is 4.31. The molecule has 21 heavy (non-hydrogen) atoms. The SMILES string of the molecule is CC(C)(C)c1ccc(COc2ccc(F)cc2CBr)cc1. The first-order chi connectivity index (χ1) is 9.90. The van der Waals surface area contributed by atoms with Crippen LogP contribution in [0.1, 0.15) is 37.5 Å². The number of halogens is 2. The number of alkyl halides is 1. The van der Waals surface area contributed by atoms with E-state index in [4.69, 9.17) is 4.74 Å². The summed E-state index contributed by atoms with van der Waals surface area (Å²) in [7, 11) is 0. The van der Waals surface area contributed by atoms with E-state index in [0.717, 1.165) is 11.1 Å². The highest BCUT2D eigenvalue weighted by molar-refractivity contribution is 9.08. The zero-order valence-electron chi connectivity index (χ0n) is 12.6. The fourth-order valence-electron chi connectivity index (χ4n) is 2.06. The molecule has 0 atom stereocenters. The highest BCUT2D eigenvalue weighted by Gasteiger charge is 2.13. The van der Waals surface area contributed by atoms with Gasteiger partial charge in [-0.1, -0.05) is 61.0 Å². The second kappa shape index (κ2) is 6.61. The van der Waals surface area contributed by atoms with Crippen molar-refractivity contribution in [2.45, 2.75) is 38.1 Å². The molecule has 0 unspecified atom stereocenters. The van der Waals surface area contributed by atoms with E-state index in [9.17, 15) is 4.39 Å². The van der Waals surface area contributed by atoms with Gasteiger partial charge >= 0.3 is 0 Å². The summed E-state index contributed by atoms with van der Waals surface area (Å²) in [5.41, 5.74) is 3.38. The maximum absolute atomic E-state index is 13.2. The van der Waals surface area contributed by atoms with Gasteiger partial charge < -0.3 is 4.74 Å². The summed E-state index contributed by atoms with van der Waals surface area (Å²) in [6, 6.07) is 13.0. The standard InChI is InChI=1S/C18H20BrFO/c1-18(2,3)15-6-4-13(5-7-15)12-21-17-9-8-16(20)10-14(17)11-19/h4-10H,11-12H2,1-3H3. The Kier molecular flexibility index (Phi) is 5.04. The zero-order valence-corrected chi connectivity index (χ0v) is 14.2. The molecule has 0 aliphatic heterocycles. The van der Waals surface area contributed by atoms with Crippen molar-refractivity contribution in [3.05, 3.63) is 65.0 Å². The number of hydrogen-bond acceptors (Lipinski definition) is 1. The molecular weight excluding hydrogens is 331 g/mol. The van der Waals surface area contributed by atoms with E-state index in [1.807, 2.05) is 0 Å². The molecule has 2 aromatic rings. The molecule has 1 nitrogen and oxygen atoms in total. The van der Waals surface area contributed by atoms with Crippen LogP contribution in [0, 0.1) is 5.82 Å². The summed E-state index contributed by atoms with van der Waals surface area (Å²) < 4.78 is 19.0. The molecule has 0 bridgehead atoms. The van der Waals surface area contributed by atoms with Gasteiger partial charge in [0.1, 0.15) is 18.2 Å². The van der Waals surface area contributed by atoms with Gasteiger partial charge in [0, 0.05) is 10.9 Å². The van der Waals surface area contributed by atoms with Crippen LogP contribution >= 0.6 is 15.9 Å². The monoisotopic (exact) mass is 350 g/mol. The largest absolute Gasteiger partial charge is 0.489 e. The number of benzene rings is 2. The second-order valence-electron chi connectivity index (χ2n) is 6.12. The summed E-state index contributed by atoms with van der Waals surface area (Å²) in [4.78, 5) is 0. The van der Waals surface area contributed by atoms with Gasteiger partial charge in [0.25, 0.3) is 0 Å². The average Bonchev–Trinajstić information content (AvgIpc) is 2.45. The average molecular weight is 351 g/mol. The Morgan fingerprint density at radius 2 is 1.71 bits per heavy atom. The Hall–Kier alpha value is -1.35. The quantitative estimate of drug-likeness (QED) is 0.652. The second-order valence-corrected chi connectivity index (χ2v) is 6.68. The predicted octanol–water partition coefficient (Wildman–Crippen LogP) is 5.60. The van der Waals surface area contributed by atoms with E-state index in [0.29, 0.717) is 17.7 Å². The molecular formula is C18H20BrFO. The number of rotatable bonds is 4. The van der Waals surface area contributed by atoms with Gasteiger partial charge in [-0.25, -0.2) is 4.39 Å². The molecule has 2 rings (SSSR count). The first-order valence-corrected chi connectivity index (χ1v) is 8.09. The molecule has 2 aromatic carbocycles. The minimum absolute atomic E-state index is 0.152. The van der Waals surface area contributed by atoms with Gasteiger partial charge in [-0.2, -0.15) is 0 Å². The molecule has 3 heteroatoms. The van der Waals surface area contributed by atoms with Crippen LogP contribution in [-0.4, -0.2) is 0 Å². The van der Waals surface area contributed by atoms with Gasteiger partial charge in [-0.15, -0.1) is 0 Å². The van der Waals surface area contributed by atoms with Crippen LogP contribution in [0.2, 0.25) is 0 Å². The van der Waals surface area contributed by atoms with Crippen molar-refractivity contribution in [1.29, 1.82) is 0 Å². The minimum Gasteiger partial charge on any atom is -0.489 e. The molecule has 0 radical (unpaired) electrons. The fourth-order valence-corrected chi connectivity index (χ4v) is 2.49. The van der Waals surface area contributed by atoms with Crippen molar-refractivity contribution >= 4 is 15.9 Å². The molecule has 0 N–H and O–H groups in total. The van der Waals surface area contributed by atoms with Crippen LogP contribution in [0.3, 0.4) is 0 Å². The van der Waals surface area contributed by atoms with Crippen LogP contribution in [0.5, 0.6) is 5.75 Å². The van der Waals surface area contributed by atoms with Crippen LogP contribution < -0.4 is 4.74 Å². The lowest BCUT2D eigenvalue weighted by Crippen LogP contribution is -2.10. The van der Waals surface area contributed by atoms with Gasteiger partial charge in [0.05, 0.1) is 0 Å². The Balaban J connectivity index is 2.07. The van der Waals surface area contributed by atoms with Gasteiger partial charge in [0.15, 0.2) is 0 Å². The van der Waals surface area contributed by atoms with E-state index in [-0.39, 0.29) is 11.2 Å². The van der Waals surface area contributed by atoms with E-state index in [1.165, 1.54) is 17.7 Å². The summed E-state index contributed by atoms with van der Waals surface area (Å²) in [6.45, 7) is 7.06. The molecule has 112 valence electrons. The lowest BCUT2D eigenvalue weighted by atomic mass is 9.87. The molecule has 0 aliphatic carbocycles. The minimum atomic E-state index is -0.244. The van der Waals surface area contributed by atoms with Gasteiger partial charge in [0.2, 0.25) is 0 Å². The molecule has 0 heterocycles. The maximum Gasteiger partial charge on any atom is 0.124 e. The molecule has 0 aromatic heterocycles. The topological polar surface area (TPSA) is 9.23 Å². The lowest BCUT2D eigenvalue weighted by molar-refractivity contribution is 0.303. The van der Waals surface area contributed by atoms with Crippen molar-refractivity contribution in [2.24, 2.45) is 0 Å². The predicted molar refractivity (Wildman–Crippen MR) is 88.5 cm³/mol. The molecule has 0 amide bonds. The van der Waals surface area contributed by atoms with E-state index in [1.54, 1.807) is 6.07 Å². The highest BCUT2D eigenvalue weighted by Crippen LogP contribution is 2.25. The van der Waals surface area contributed by atoms with Gasteiger partial charge in [-0.3, -0.25) is 0 Å². The molecule has 0 spiro atoms. The van der Waals surface area contributed by atoms with Crippen molar-refractivity contribution in [3.63, 3.8) is 0 Å². The molecule has 0 fully saturated rings. The van der Waals surface area contributed by atoms with Crippen LogP contribution in [-0.2, 0) is 17.4 Å². The third-order valence-electron chi connectivity index (χ3n) is 3.38. The van der Waals surface area contributed by atoms with Gasteiger partial charge in [-0.05, 0) is 34.7 Å². The van der Waals surface area contributed by atoms with Crippen molar-refractivity contribution < 1.29 is 9.13 Å². The Labute approximate surface area is 134 Å². The Bertz CT molecular complexity index is 600. The normalized spacial score (nSPS) is 11.5. The zero-order chi connectivity index (χ0) is 15.5. The highest BCUT2D eigenvalue weighted by atomic mass is 79.9. The van der Waals surface area contributed by atoms with E-state index in [2.05, 4.69) is 61.0 Å². The summed E-state index contributed by atoms with van der Waals surface area (Å²) in [5.74, 6) is 0.472. The number of hydrogen-bond donors (Lipinski definition) is 0. The summed E-state index contributed by atoms with van der Waals surface area (Å²) in [6.07, 6.45) is 0. The molecule has 0 saturated heterocycles. The van der Waals surface area contributed by atoms with Crippen molar-refractivity contribution in [2.75, 3.05) is 0 Å². The third-order valence-corrected chi connectivity index (χ3v) is 3.98. The van der Waals surface area contributed by atoms with Crippen LogP contribution in [0.25, 0.3) is 0 Å². The lowest BCUT2D eigenvalue weighted by Gasteiger charge is -2.19. The van der Waals surface area contributed by atoms with E-state index < -0.39 is 0 Å². The smallest absolute Gasteiger partial charge is 0.124 e. The van der Waals surface area contributed by atoms with Crippen LogP contribution in [0.15, 0.2) is 42.5 Å². The number of ether oxygens (including phenoxy) is 1. The first-order valence-electron chi connectivity index (χ1n) is 6.97. The molecule has 0 saturated carbocycles. The van der Waals surface area contributed by atoms with Crippen LogP contribution in [0.4, 0.5) is 4.39 Å². The Morgan fingerprint density at radius 1 is 1.05 bits per heavy atom. The summed E-state index contributed by atoms with van der Waals surface area (Å²) >= 11 is 3.35. The maximum atomic E-state index is 13.2. The fraction of sp³-hybridized carbons (Fsp3) is 0.333.